The molecule has 0 aliphatic carbocycles. The minimum absolute atomic E-state index is 0.0284. The topological polar surface area (TPSA) is 139 Å². The molecule has 0 aromatic heterocycles. The molecule has 11 nitrogen and oxygen atoms in total. The van der Waals surface area contributed by atoms with Gasteiger partial charge in [0.15, 0.2) is 0 Å². The lowest BCUT2D eigenvalue weighted by molar-refractivity contribution is -0.384. The molecule has 0 aliphatic rings. The summed E-state index contributed by atoms with van der Waals surface area (Å²) in [5, 5.41) is 14.5. The van der Waals surface area contributed by atoms with E-state index in [1.54, 1.807) is 0 Å². The van der Waals surface area contributed by atoms with Crippen molar-refractivity contribution < 1.29 is 27.7 Å². The zero-order valence-corrected chi connectivity index (χ0v) is 25.8. The summed E-state index contributed by atoms with van der Waals surface area (Å²) in [4.78, 5) is 40.3. The van der Waals surface area contributed by atoms with E-state index in [1.165, 1.54) is 24.1 Å². The van der Waals surface area contributed by atoms with Crippen molar-refractivity contribution in [1.82, 2.24) is 10.2 Å². The number of carbonyl (C=O) groups excluding carboxylic acids is 2. The van der Waals surface area contributed by atoms with Gasteiger partial charge in [-0.1, -0.05) is 61.5 Å². The molecule has 0 radical (unpaired) electrons. The molecule has 0 heterocycles. The second-order valence-electron chi connectivity index (χ2n) is 10.4. The Hall–Kier alpha value is -4.45. The van der Waals surface area contributed by atoms with E-state index in [-0.39, 0.29) is 42.0 Å². The summed E-state index contributed by atoms with van der Waals surface area (Å²) in [6, 6.07) is 19.0. The standard InChI is InChI=1S/C31H38N4O7S/c1-6-23(3)32-31(37)28(18-24-13-8-7-9-14-24)33(20-25-15-11-10-12-22(25)2)30(36)21-34(43(5,40)41)27-19-26(35(38)39)16-17-29(27)42-4/h7-17,19,23,28H,6,18,20-21H2,1-5H3,(H,32,37)/t23-,28+/m0/s1. The van der Waals surface area contributed by atoms with Crippen LogP contribution in [0.5, 0.6) is 5.75 Å². The third kappa shape index (κ3) is 8.77. The van der Waals surface area contributed by atoms with E-state index in [9.17, 15) is 28.1 Å². The van der Waals surface area contributed by atoms with E-state index >= 15 is 0 Å². The van der Waals surface area contributed by atoms with Gasteiger partial charge in [-0.25, -0.2) is 8.42 Å². The molecule has 0 aliphatic heterocycles. The number of amides is 2. The SMILES string of the molecule is CC[C@H](C)NC(=O)[C@@H](Cc1ccccc1)N(Cc1ccccc1C)C(=O)CN(c1cc([N+](=O)[O-])ccc1OC)S(C)(=O)=O. The van der Waals surface area contributed by atoms with Crippen molar-refractivity contribution in [1.29, 1.82) is 0 Å². The first-order valence-corrected chi connectivity index (χ1v) is 15.7. The van der Waals surface area contributed by atoms with Crippen LogP contribution in [0.15, 0.2) is 72.8 Å². The van der Waals surface area contributed by atoms with Gasteiger partial charge in [0.2, 0.25) is 21.8 Å². The minimum atomic E-state index is -4.15. The van der Waals surface area contributed by atoms with Crippen LogP contribution in [0.25, 0.3) is 0 Å². The predicted molar refractivity (Wildman–Crippen MR) is 165 cm³/mol. The molecule has 0 bridgehead atoms. The van der Waals surface area contributed by atoms with Crippen LogP contribution in [-0.4, -0.2) is 62.0 Å². The molecule has 2 atom stereocenters. The second-order valence-corrected chi connectivity index (χ2v) is 12.3. The van der Waals surface area contributed by atoms with Crippen LogP contribution in [0.2, 0.25) is 0 Å². The van der Waals surface area contributed by atoms with E-state index in [0.29, 0.717) is 6.42 Å². The van der Waals surface area contributed by atoms with E-state index in [1.807, 2.05) is 75.4 Å². The van der Waals surface area contributed by atoms with Crippen LogP contribution < -0.4 is 14.4 Å². The van der Waals surface area contributed by atoms with Crippen molar-refractivity contribution in [2.75, 3.05) is 24.2 Å². The van der Waals surface area contributed by atoms with Gasteiger partial charge in [-0.2, -0.15) is 0 Å². The first-order valence-electron chi connectivity index (χ1n) is 13.8. The number of aryl methyl sites for hydroxylation is 1. The van der Waals surface area contributed by atoms with E-state index < -0.39 is 33.4 Å². The molecule has 3 aromatic carbocycles. The number of hydrogen-bond acceptors (Lipinski definition) is 7. The molecule has 0 fully saturated rings. The van der Waals surface area contributed by atoms with E-state index in [4.69, 9.17) is 4.74 Å². The number of methoxy groups -OCH3 is 1. The molecule has 230 valence electrons. The highest BCUT2D eigenvalue weighted by Crippen LogP contribution is 2.34. The third-order valence-corrected chi connectivity index (χ3v) is 8.32. The number of nitro groups is 1. The first-order chi connectivity index (χ1) is 20.3. The Morgan fingerprint density at radius 3 is 2.28 bits per heavy atom. The van der Waals surface area contributed by atoms with Crippen molar-refractivity contribution in [3.63, 3.8) is 0 Å². The Balaban J connectivity index is 2.14. The molecule has 3 rings (SSSR count). The lowest BCUT2D eigenvalue weighted by Crippen LogP contribution is -2.54. The fourth-order valence-corrected chi connectivity index (χ4v) is 5.39. The van der Waals surface area contributed by atoms with Crippen molar-refractivity contribution in [3.8, 4) is 5.75 Å². The molecule has 43 heavy (non-hydrogen) atoms. The number of hydrogen-bond donors (Lipinski definition) is 1. The first kappa shape index (κ1) is 33.1. The van der Waals surface area contributed by atoms with E-state index in [2.05, 4.69) is 5.32 Å². The molecule has 0 saturated carbocycles. The lowest BCUT2D eigenvalue weighted by Gasteiger charge is -2.34. The molecule has 0 spiro atoms. The highest BCUT2D eigenvalue weighted by atomic mass is 32.2. The molecule has 3 aromatic rings. The fourth-order valence-electron chi connectivity index (χ4n) is 4.55. The molecular weight excluding hydrogens is 572 g/mol. The maximum atomic E-state index is 14.3. The number of nitrogens with zero attached hydrogens (tertiary/aromatic N) is 3. The number of nitro benzene ring substituents is 1. The molecule has 1 N–H and O–H groups in total. The van der Waals surface area contributed by atoms with Crippen LogP contribution in [0, 0.1) is 17.0 Å². The Morgan fingerprint density at radius 2 is 1.70 bits per heavy atom. The van der Waals surface area contributed by atoms with Gasteiger partial charge in [0, 0.05) is 31.1 Å². The van der Waals surface area contributed by atoms with Gasteiger partial charge in [-0.3, -0.25) is 24.0 Å². The minimum Gasteiger partial charge on any atom is -0.495 e. The average Bonchev–Trinajstić information content (AvgIpc) is 2.97. The summed E-state index contributed by atoms with van der Waals surface area (Å²) >= 11 is 0. The quantitative estimate of drug-likeness (QED) is 0.213. The fraction of sp³-hybridized carbons (Fsp3) is 0.355. The average molecular weight is 611 g/mol. The van der Waals surface area contributed by atoms with Crippen LogP contribution in [-0.2, 0) is 32.6 Å². The van der Waals surface area contributed by atoms with Gasteiger partial charge < -0.3 is 15.0 Å². The molecule has 12 heteroatoms. The smallest absolute Gasteiger partial charge is 0.271 e. The molecule has 0 saturated heterocycles. The number of carbonyl (C=O) groups is 2. The summed E-state index contributed by atoms with van der Waals surface area (Å²) in [5.41, 5.74) is 1.95. The Bertz CT molecular complexity index is 1550. The third-order valence-electron chi connectivity index (χ3n) is 7.20. The largest absolute Gasteiger partial charge is 0.495 e. The van der Waals surface area contributed by atoms with Crippen molar-refractivity contribution in [2.45, 2.75) is 52.2 Å². The van der Waals surface area contributed by atoms with Gasteiger partial charge in [0.25, 0.3) is 5.69 Å². The van der Waals surface area contributed by atoms with Crippen molar-refractivity contribution in [2.24, 2.45) is 0 Å². The number of nitrogens with one attached hydrogen (secondary N) is 1. The van der Waals surface area contributed by atoms with Crippen LogP contribution in [0.1, 0.15) is 37.0 Å². The van der Waals surface area contributed by atoms with E-state index in [0.717, 1.165) is 33.3 Å². The van der Waals surface area contributed by atoms with Crippen molar-refractivity contribution in [3.05, 3.63) is 99.6 Å². The Kier molecular flexibility index (Phi) is 11.2. The second kappa shape index (κ2) is 14.6. The number of anilines is 1. The number of benzene rings is 3. The zero-order chi connectivity index (χ0) is 31.7. The van der Waals surface area contributed by atoms with Crippen LogP contribution in [0.4, 0.5) is 11.4 Å². The Morgan fingerprint density at radius 1 is 1.05 bits per heavy atom. The number of ether oxygens (including phenoxy) is 1. The number of non-ortho nitro benzene ring substituents is 1. The maximum absolute atomic E-state index is 14.3. The summed E-state index contributed by atoms with van der Waals surface area (Å²) in [5.74, 6) is -1.01. The summed E-state index contributed by atoms with van der Waals surface area (Å²) in [6.45, 7) is 5.00. The van der Waals surface area contributed by atoms with Gasteiger partial charge in [-0.05, 0) is 43.0 Å². The molecule has 2 amide bonds. The lowest BCUT2D eigenvalue weighted by atomic mass is 10.0. The highest BCUT2D eigenvalue weighted by Gasteiger charge is 2.34. The molecule has 0 unspecified atom stereocenters. The van der Waals surface area contributed by atoms with Crippen LogP contribution in [0.3, 0.4) is 0 Å². The van der Waals surface area contributed by atoms with Gasteiger partial charge in [-0.15, -0.1) is 0 Å². The van der Waals surface area contributed by atoms with Gasteiger partial charge in [0.1, 0.15) is 24.0 Å². The predicted octanol–water partition coefficient (Wildman–Crippen LogP) is 4.23. The monoisotopic (exact) mass is 610 g/mol. The van der Waals surface area contributed by atoms with Crippen LogP contribution >= 0.6 is 0 Å². The van der Waals surface area contributed by atoms with Gasteiger partial charge >= 0.3 is 0 Å². The van der Waals surface area contributed by atoms with Crippen molar-refractivity contribution >= 4 is 33.2 Å². The summed E-state index contributed by atoms with van der Waals surface area (Å²) in [6.07, 6.45) is 1.75. The van der Waals surface area contributed by atoms with Gasteiger partial charge in [0.05, 0.1) is 18.3 Å². The molecular formula is C31H38N4O7S. The summed E-state index contributed by atoms with van der Waals surface area (Å²) in [7, 11) is -2.85. The number of rotatable bonds is 14. The number of sulfonamides is 1. The summed E-state index contributed by atoms with van der Waals surface area (Å²) < 4.78 is 32.3. The normalized spacial score (nSPS) is 12.6. The Labute approximate surface area is 252 Å². The zero-order valence-electron chi connectivity index (χ0n) is 25.0. The maximum Gasteiger partial charge on any atom is 0.271 e. The highest BCUT2D eigenvalue weighted by molar-refractivity contribution is 7.92.